The van der Waals surface area contributed by atoms with E-state index in [2.05, 4.69) is 4.98 Å². The van der Waals surface area contributed by atoms with Gasteiger partial charge < -0.3 is 20.3 Å². The highest BCUT2D eigenvalue weighted by atomic mass is 19.1. The van der Waals surface area contributed by atoms with Crippen LogP contribution in [0.4, 0.5) is 14.6 Å². The highest BCUT2D eigenvalue weighted by molar-refractivity contribution is 5.72. The van der Waals surface area contributed by atoms with Crippen LogP contribution < -0.4 is 11.4 Å². The van der Waals surface area contributed by atoms with Crippen LogP contribution in [0.3, 0.4) is 0 Å². The van der Waals surface area contributed by atoms with Crippen LogP contribution in [-0.4, -0.2) is 45.6 Å². The molecule has 2 rings (SSSR count). The third-order valence-corrected chi connectivity index (χ3v) is 4.50. The Hall–Kier alpha value is -2.07. The van der Waals surface area contributed by atoms with E-state index in [1.54, 1.807) is 0 Å². The van der Waals surface area contributed by atoms with Gasteiger partial charge in [0.15, 0.2) is 24.0 Å². The molecule has 1 saturated heterocycles. The molecule has 0 amide bonds. The number of alkyl halides is 1. The lowest BCUT2D eigenvalue weighted by atomic mass is 9.99. The summed E-state index contributed by atoms with van der Waals surface area (Å²) in [6.45, 7) is 3.53. The molecule has 152 valence electrons. The number of hydrogen-bond acceptors (Lipinski definition) is 7. The van der Waals surface area contributed by atoms with Crippen molar-refractivity contribution in [2.75, 3.05) is 12.3 Å². The summed E-state index contributed by atoms with van der Waals surface area (Å²) >= 11 is 0. The van der Waals surface area contributed by atoms with Gasteiger partial charge in [-0.3, -0.25) is 9.36 Å². The summed E-state index contributed by atoms with van der Waals surface area (Å²) in [5, 5.41) is 10.0. The predicted octanol–water partition coefficient (Wildman–Crippen LogP) is 1.32. The third-order valence-electron chi connectivity index (χ3n) is 4.50. The second kappa shape index (κ2) is 9.23. The lowest BCUT2D eigenvalue weighted by Crippen LogP contribution is -2.34. The Labute approximate surface area is 155 Å². The molecular weight excluding hydrogens is 364 g/mol. The number of rotatable bonds is 8. The fourth-order valence-corrected chi connectivity index (χ4v) is 3.06. The molecule has 1 aliphatic rings. The second-order valence-corrected chi connectivity index (χ2v) is 6.57. The number of anilines is 1. The lowest BCUT2D eigenvalue weighted by Gasteiger charge is -2.18. The number of ether oxygens (including phenoxy) is 2. The van der Waals surface area contributed by atoms with Gasteiger partial charge >= 0.3 is 11.7 Å². The van der Waals surface area contributed by atoms with Gasteiger partial charge in [-0.1, -0.05) is 26.7 Å². The highest BCUT2D eigenvalue weighted by Gasteiger charge is 2.46. The van der Waals surface area contributed by atoms with Crippen molar-refractivity contribution < 1.29 is 28.2 Å². The minimum absolute atomic E-state index is 0.270. The van der Waals surface area contributed by atoms with Crippen molar-refractivity contribution >= 4 is 11.8 Å². The number of esters is 1. The molecule has 0 saturated carbocycles. The number of hydrogen-bond donors (Lipinski definition) is 2. The maximum atomic E-state index is 14.4. The van der Waals surface area contributed by atoms with Crippen molar-refractivity contribution in [3.63, 3.8) is 0 Å². The summed E-state index contributed by atoms with van der Waals surface area (Å²) < 4.78 is 39.0. The number of nitrogens with zero attached hydrogens (tertiary/aromatic N) is 2. The third kappa shape index (κ3) is 4.81. The Morgan fingerprint density at radius 3 is 2.67 bits per heavy atom. The van der Waals surface area contributed by atoms with Crippen LogP contribution in [0, 0.1) is 11.7 Å². The van der Waals surface area contributed by atoms with E-state index in [9.17, 15) is 23.5 Å². The van der Waals surface area contributed by atoms with Crippen LogP contribution >= 0.6 is 0 Å². The molecule has 1 aliphatic heterocycles. The molecule has 1 aromatic heterocycles. The van der Waals surface area contributed by atoms with E-state index < -0.39 is 47.9 Å². The van der Waals surface area contributed by atoms with E-state index in [0.29, 0.717) is 23.6 Å². The number of carbonyl (C=O) groups is 1. The lowest BCUT2D eigenvalue weighted by molar-refractivity contribution is -0.155. The van der Waals surface area contributed by atoms with Gasteiger partial charge in [0.05, 0.1) is 12.1 Å². The van der Waals surface area contributed by atoms with Crippen molar-refractivity contribution in [1.29, 1.82) is 0 Å². The van der Waals surface area contributed by atoms with E-state index in [1.807, 2.05) is 13.8 Å². The van der Waals surface area contributed by atoms with Gasteiger partial charge in [0.1, 0.15) is 18.8 Å². The Morgan fingerprint density at radius 2 is 2.07 bits per heavy atom. The van der Waals surface area contributed by atoms with Crippen LogP contribution in [0.5, 0.6) is 0 Å². The summed E-state index contributed by atoms with van der Waals surface area (Å²) in [5.41, 5.74) is 4.18. The van der Waals surface area contributed by atoms with Crippen molar-refractivity contribution in [1.82, 2.24) is 9.55 Å². The number of aliphatic hydroxyl groups excluding tert-OH is 1. The van der Waals surface area contributed by atoms with Gasteiger partial charge in [-0.2, -0.15) is 4.98 Å². The average Bonchev–Trinajstić information content (AvgIpc) is 2.91. The molecule has 0 aliphatic carbocycles. The van der Waals surface area contributed by atoms with Gasteiger partial charge in [0, 0.05) is 0 Å². The highest BCUT2D eigenvalue weighted by Crippen LogP contribution is 2.31. The standard InChI is InChI=1S/C17H25F2N3O5/c1-3-5-9(6-4-2)16(24)26-8-11-13(23)12(19)15(27-11)22-7-10(18)14(20)21-17(22)25/h7,9,11-13,15,23H,3-6,8H2,1-2H3,(H2,20,21,25)/t11-,12+,13-,15-/m1/s1. The summed E-state index contributed by atoms with van der Waals surface area (Å²) in [7, 11) is 0. The maximum absolute atomic E-state index is 14.4. The van der Waals surface area contributed by atoms with Crippen molar-refractivity contribution in [3.8, 4) is 0 Å². The normalized spacial score (nSPS) is 25.1. The molecule has 4 atom stereocenters. The zero-order valence-corrected chi connectivity index (χ0v) is 15.3. The van der Waals surface area contributed by atoms with Crippen molar-refractivity contribution in [2.45, 2.75) is 64.1 Å². The topological polar surface area (TPSA) is 117 Å². The van der Waals surface area contributed by atoms with Gasteiger partial charge in [-0.05, 0) is 12.8 Å². The fourth-order valence-electron chi connectivity index (χ4n) is 3.06. The molecule has 1 aromatic rings. The quantitative estimate of drug-likeness (QED) is 0.644. The number of carbonyl (C=O) groups excluding carboxylic acids is 1. The predicted molar refractivity (Wildman–Crippen MR) is 91.9 cm³/mol. The SMILES string of the molecule is CCCC(CCC)C(=O)OC[C@H]1O[C@@H](n2cc(F)c(N)nc2=O)[C@@H](F)[C@@H]1O. The minimum Gasteiger partial charge on any atom is -0.463 e. The first-order valence-electron chi connectivity index (χ1n) is 8.98. The van der Waals surface area contributed by atoms with Crippen LogP contribution in [0.1, 0.15) is 45.8 Å². The molecule has 8 nitrogen and oxygen atoms in total. The number of halogens is 2. The second-order valence-electron chi connectivity index (χ2n) is 6.57. The number of aliphatic hydroxyl groups is 1. The molecular formula is C17H25F2N3O5. The van der Waals surface area contributed by atoms with Crippen LogP contribution in [0.2, 0.25) is 0 Å². The Bertz CT molecular complexity index is 708. The van der Waals surface area contributed by atoms with Gasteiger partial charge in [-0.25, -0.2) is 13.6 Å². The largest absolute Gasteiger partial charge is 0.463 e. The monoisotopic (exact) mass is 389 g/mol. The summed E-state index contributed by atoms with van der Waals surface area (Å²) in [4.78, 5) is 27.2. The maximum Gasteiger partial charge on any atom is 0.351 e. The average molecular weight is 389 g/mol. The van der Waals surface area contributed by atoms with Gasteiger partial charge in [-0.15, -0.1) is 0 Å². The Balaban J connectivity index is 2.05. The smallest absolute Gasteiger partial charge is 0.351 e. The molecule has 0 radical (unpaired) electrons. The van der Waals surface area contributed by atoms with E-state index >= 15 is 0 Å². The van der Waals surface area contributed by atoms with Gasteiger partial charge in [0.2, 0.25) is 0 Å². The van der Waals surface area contributed by atoms with E-state index in [1.165, 1.54) is 0 Å². The van der Waals surface area contributed by atoms with Crippen LogP contribution in [0.25, 0.3) is 0 Å². The molecule has 10 heteroatoms. The molecule has 0 aromatic carbocycles. The molecule has 0 bridgehead atoms. The zero-order valence-electron chi connectivity index (χ0n) is 15.3. The van der Waals surface area contributed by atoms with E-state index in [4.69, 9.17) is 15.2 Å². The molecule has 27 heavy (non-hydrogen) atoms. The van der Waals surface area contributed by atoms with Crippen molar-refractivity contribution in [3.05, 3.63) is 22.5 Å². The molecule has 1 fully saturated rings. The van der Waals surface area contributed by atoms with Crippen LogP contribution in [-0.2, 0) is 14.3 Å². The Morgan fingerprint density at radius 1 is 1.44 bits per heavy atom. The van der Waals surface area contributed by atoms with Crippen LogP contribution in [0.15, 0.2) is 11.0 Å². The number of aromatic nitrogens is 2. The summed E-state index contributed by atoms with van der Waals surface area (Å²) in [6, 6.07) is 0. The Kier molecular flexibility index (Phi) is 7.25. The first-order chi connectivity index (χ1) is 12.8. The first kappa shape index (κ1) is 21.2. The van der Waals surface area contributed by atoms with Gasteiger partial charge in [0.25, 0.3) is 0 Å². The summed E-state index contributed by atoms with van der Waals surface area (Å²) in [6.07, 6.45) is -2.83. The van der Waals surface area contributed by atoms with E-state index in [-0.39, 0.29) is 12.5 Å². The first-order valence-corrected chi connectivity index (χ1v) is 8.98. The summed E-state index contributed by atoms with van der Waals surface area (Å²) in [5.74, 6) is -2.34. The van der Waals surface area contributed by atoms with E-state index in [0.717, 1.165) is 12.8 Å². The molecule has 2 heterocycles. The number of nitrogen functional groups attached to an aromatic ring is 1. The zero-order chi connectivity index (χ0) is 20.1. The number of nitrogens with two attached hydrogens (primary N) is 1. The molecule has 3 N–H and O–H groups in total. The molecule has 0 spiro atoms. The minimum atomic E-state index is -2.03. The van der Waals surface area contributed by atoms with Crippen molar-refractivity contribution in [2.24, 2.45) is 5.92 Å². The molecule has 0 unspecified atom stereocenters. The fraction of sp³-hybridized carbons (Fsp3) is 0.706.